The van der Waals surface area contributed by atoms with Crippen LogP contribution in [0.25, 0.3) is 10.8 Å². The van der Waals surface area contributed by atoms with Gasteiger partial charge in [0.1, 0.15) is 10.6 Å². The van der Waals surface area contributed by atoms with Crippen LogP contribution in [0.5, 0.6) is 5.75 Å². The van der Waals surface area contributed by atoms with Gasteiger partial charge in [-0.2, -0.15) is 44.2 Å². The zero-order valence-corrected chi connectivity index (χ0v) is 438. The fourth-order valence-electron chi connectivity index (χ4n) is 3.98. The molecule has 328 valence electrons. The Balaban J connectivity index is -0.0000000157. The van der Waals surface area contributed by atoms with Gasteiger partial charge in [0, 0.05) is 12.4 Å². The SMILES string of the molecule is CN=Nc1ccc(N=Nc2ccc(N=Nc3ccc(N=Nc4c(S(=O)(=O)O)cc5cc(C)ccc5c4O)cc3)cc2)cc1.[CH3-].[CH3-].[CH3-].[CH3-].[CH3-].[CH3-].[H-].[H-].[H-].[Rb+].[Rb+].[Rb+].[Rb+].[Rb+].[Rb+].[Rb+].[Rb+].[Rb+].[Rb][Rb].[Rb][Rb].[Rb][Rb].[Rb][Rb].[Rb][Rb].[Rb][Rb].[Rb][Rb].[Rb][Rb].[Rb][Rb].[Rb][Rb].[Rb][Rb].[Rb][Rb].[Rb][Rb].[Rb][Rb].[Rb][Rb].[Rb][Rb].[Rb][Rb].[Rb][Rb].[Rb][Rb].[Rb][Rb].[Rb][Rb].[Rb][Rb].[Rb][Rb].[Rb][Rb].[Rb][Rb].[Rb][Rb].[Rb][Rb].[Rb][Rb].[Rb][Rb].[Rb][Rb]. The van der Waals surface area contributed by atoms with Crippen LogP contribution in [-0.4, -0.2) is 2060 Å². The number of fused-ring (bicyclic) bond motifs is 1. The number of hydrogen-bond acceptors (Lipinski definition) is 11. The quantitative estimate of drug-likeness (QED) is 0.0894. The molecule has 0 aliphatic carbocycles. The van der Waals surface area contributed by atoms with E-state index in [1.807, 2.05) is 6.92 Å². The summed E-state index contributed by atoms with van der Waals surface area (Å²) in [6, 6.07) is 27.1. The van der Waals surface area contributed by atoms with Gasteiger partial charge < -0.3 is 53.9 Å². The van der Waals surface area contributed by atoms with Crippen LogP contribution in [0.4, 0.5) is 39.8 Å². The molecule has 12 nitrogen and oxygen atoms in total. The first-order valence-electron chi connectivity index (χ1n) is 42.8. The van der Waals surface area contributed by atoms with E-state index in [-0.39, 0.29) is 578 Å². The number of azo groups is 4. The number of rotatable bonds is 8. The Morgan fingerprint density at radius 3 is 0.534 bits per heavy atom. The zero-order valence-electron chi connectivity index (χ0n) is 101. The number of aryl methyl sites for hydroxylation is 1. The molecule has 0 bridgehead atoms. The third-order valence-electron chi connectivity index (χ3n) is 6.08. The van der Waals surface area contributed by atoms with Crippen LogP contribution in [0.15, 0.2) is 143 Å². The third-order valence-corrected chi connectivity index (χ3v) is 6.94. The van der Waals surface area contributed by atoms with Crippen molar-refractivity contribution in [3.05, 3.63) is 147 Å². The summed E-state index contributed by atoms with van der Waals surface area (Å²) >= 11 is 69.6. The van der Waals surface area contributed by atoms with Gasteiger partial charge in [-0.3, -0.25) is 4.55 Å². The maximum atomic E-state index is 12.0. The molecule has 0 aliphatic rings. The average molecular weight is 6580 g/mol. The van der Waals surface area contributed by atoms with Gasteiger partial charge in [-0.15, -0.1) is 5.11 Å². The first-order valence-corrected chi connectivity index (χ1v) is 1060. The molecule has 0 heterocycles. The minimum absolute atomic E-state index is 0. The molecule has 0 aromatic heterocycles. The molecular formula is C36H45N8O4Rb69S. The molecule has 0 amide bonds. The van der Waals surface area contributed by atoms with Crippen LogP contribution in [0.2, 0.25) is 0 Å². The van der Waals surface area contributed by atoms with Crippen LogP contribution in [0.1, 0.15) is 9.84 Å². The van der Waals surface area contributed by atoms with Crippen molar-refractivity contribution in [2.24, 2.45) is 40.9 Å². The van der Waals surface area contributed by atoms with E-state index in [4.69, 9.17) is 0 Å². The maximum absolute atomic E-state index is 12.0. The van der Waals surface area contributed by atoms with Crippen molar-refractivity contribution >= 4 is 2090 Å². The molecule has 0 radical (unpaired) electrons. The molecule has 0 fully saturated rings. The number of hydrogen-bond donors (Lipinski definition) is 2. The van der Waals surface area contributed by atoms with Crippen LogP contribution >= 0.6 is 0 Å². The Morgan fingerprint density at radius 1 is 0.246 bits per heavy atom. The van der Waals surface area contributed by atoms with Gasteiger partial charge in [0.15, 0.2) is 5.75 Å². The molecule has 5 rings (SSSR count). The van der Waals surface area contributed by atoms with Crippen molar-refractivity contribution in [1.29, 1.82) is 0 Å². The van der Waals surface area contributed by atoms with E-state index in [1.54, 1.807) is 98.0 Å². The van der Waals surface area contributed by atoms with Gasteiger partial charge in [0.2, 0.25) is 0 Å². The molecule has 2 N–H and O–H groups in total. The number of phenols is 1. The standard InChI is InChI=1S/C30H24N8O4S.6CH3.69Rb.3H/c1-19-3-16-27-20(17-19)18-28(43(40,41)42)29(30(27)39)38-37-26-14-12-25(13-15-26)36-35-24-10-8-23(9-11-24)34-33-22-6-4-21(5-7-22)32-31-2;;;;;;;;;;;;;;;;;;;;;;;;;;;;;;;;;;;;;;;;;;;;;;;;;;;;;;;;;;;;;;;;;;;;;;;;;;;;;;/h3-18,39H,1-2H3,(H,40,41,42);6*1H3;;;;;;;;;;;;;;;;;;;;;;;;;;;;;;;;;;;;;;;;;;;;;;;;;;;;;;;;;;;;;;;;;;;;;;;;/q;6*-1;;;;;;;;;;;;;;;;;;;;;;;;;;;;;;;;;;;;;;;;;;;;;;;;;;;;;;;;;;;;;9*+1;3*-1. The summed E-state index contributed by atoms with van der Waals surface area (Å²) in [4.78, 5) is -0.543. The molecule has 5 aromatic carbocycles. The van der Waals surface area contributed by atoms with Crippen molar-refractivity contribution in [2.75, 3.05) is 7.05 Å². The van der Waals surface area contributed by atoms with E-state index in [0.717, 1.165) is 2040 Å². The summed E-state index contributed by atoms with van der Waals surface area (Å²) in [5.74, 6) is -0.402. The van der Waals surface area contributed by atoms with Crippen LogP contribution in [0, 0.1) is 51.5 Å². The van der Waals surface area contributed by atoms with E-state index >= 15 is 0 Å². The normalized spacial score (nSPS) is 6.57. The number of nitrogens with zero attached hydrogens (tertiary/aromatic N) is 8. The molecule has 118 heavy (non-hydrogen) atoms. The predicted molar refractivity (Wildman–Crippen MR) is 550 cm³/mol. The monoisotopic (exact) mass is 6540 g/mol. The molecular weight excluding hydrogens is 6540 g/mol. The minimum atomic E-state index is -4.69. The summed E-state index contributed by atoms with van der Waals surface area (Å²) in [7, 11) is -3.08. The van der Waals surface area contributed by atoms with E-state index in [2.05, 4.69) is 40.9 Å². The van der Waals surface area contributed by atoms with Crippen LogP contribution in [-0.2, 0) is 10.1 Å². The third kappa shape index (κ3) is 315. The molecule has 82 heteroatoms. The molecule has 0 unspecified atom stereocenters. The topological polar surface area (TPSA) is 173 Å². The Bertz CT molecular complexity index is 2140. The Morgan fingerprint density at radius 2 is 0.390 bits per heavy atom. The van der Waals surface area contributed by atoms with Crippen LogP contribution in [0.3, 0.4) is 0 Å². The van der Waals surface area contributed by atoms with Crippen molar-refractivity contribution < 1.29 is 546 Å². The summed E-state index contributed by atoms with van der Waals surface area (Å²) in [5, 5.41) is 44.1. The fourth-order valence-corrected chi connectivity index (χ4v) is 4.63. The van der Waals surface area contributed by atoms with E-state index in [1.165, 1.54) is 6.07 Å². The number of benzene rings is 5. The second-order valence-corrected chi connectivity index (χ2v) is 10.6. The van der Waals surface area contributed by atoms with E-state index in [9.17, 15) is 18.1 Å². The summed E-state index contributed by atoms with van der Waals surface area (Å²) in [6.45, 7) is 1.83. The van der Waals surface area contributed by atoms with Gasteiger partial charge in [0.05, 0.1) is 34.1 Å². The second kappa shape index (κ2) is 381. The summed E-state index contributed by atoms with van der Waals surface area (Å²) in [6.07, 6.45) is 0. The Hall–Kier alpha value is 119. The van der Waals surface area contributed by atoms with Crippen molar-refractivity contribution in [3.8, 4) is 5.75 Å². The van der Waals surface area contributed by atoms with E-state index < -0.39 is 20.8 Å². The Labute approximate surface area is 2650 Å². The van der Waals surface area contributed by atoms with Crippen molar-refractivity contribution in [2.45, 2.75) is 11.8 Å². The number of phenolic OH excluding ortho intramolecular Hbond substituents is 1. The summed E-state index contributed by atoms with van der Waals surface area (Å²) < 4.78 is 33.8. The van der Waals surface area contributed by atoms with Gasteiger partial charge in [0.25, 0.3) is 10.1 Å². The van der Waals surface area contributed by atoms with Gasteiger partial charge >= 0.3 is 2560 Å². The van der Waals surface area contributed by atoms with Gasteiger partial charge in [-0.1, -0.05) is 23.8 Å². The molecule has 0 atom stereocenters. The predicted octanol–water partition coefficient (Wildman–Crippen LogP) is -36.7. The molecule has 5 aromatic rings. The van der Waals surface area contributed by atoms with Gasteiger partial charge in [-0.25, -0.2) is 0 Å². The molecule has 0 saturated carbocycles. The van der Waals surface area contributed by atoms with Crippen LogP contribution < -0.4 is 524 Å². The van der Waals surface area contributed by atoms with Gasteiger partial charge in [-0.05, 0) is 91.2 Å². The second-order valence-electron chi connectivity index (χ2n) is 9.22. The van der Waals surface area contributed by atoms with Crippen molar-refractivity contribution in [3.63, 3.8) is 0 Å². The first-order chi connectivity index (χ1) is 50.7. The molecule has 0 aliphatic heterocycles. The fraction of sp³-hybridized carbons (Fsp3) is 0.0556. The van der Waals surface area contributed by atoms with Crippen molar-refractivity contribution in [1.82, 2.24) is 0 Å². The van der Waals surface area contributed by atoms with E-state index in [0.29, 0.717) is 39.2 Å². The number of aromatic hydroxyl groups is 1. The Kier molecular flexibility index (Phi) is 1110. The molecule has 0 saturated heterocycles. The molecule has 0 spiro atoms. The zero-order chi connectivity index (χ0) is 90.4. The summed E-state index contributed by atoms with van der Waals surface area (Å²) in [5.41, 5.74) is 4.08. The first kappa shape index (κ1) is 344. The average Bonchev–Trinajstić information content (AvgIpc) is 0.771.